The van der Waals surface area contributed by atoms with Crippen LogP contribution in [0, 0.1) is 6.92 Å². The molecule has 2 heterocycles. The molecule has 3 aromatic rings. The van der Waals surface area contributed by atoms with E-state index >= 15 is 0 Å². The average Bonchev–Trinajstić information content (AvgIpc) is 3.54. The minimum absolute atomic E-state index is 0.0269. The van der Waals surface area contributed by atoms with E-state index in [0.29, 0.717) is 37.2 Å². The van der Waals surface area contributed by atoms with Crippen LogP contribution in [-0.4, -0.2) is 52.0 Å². The van der Waals surface area contributed by atoms with E-state index < -0.39 is 12.0 Å². The van der Waals surface area contributed by atoms with Crippen molar-refractivity contribution in [1.82, 2.24) is 15.2 Å². The van der Waals surface area contributed by atoms with E-state index in [9.17, 15) is 14.4 Å². The zero-order chi connectivity index (χ0) is 25.5. The smallest absolute Gasteiger partial charge is 0.303 e. The van der Waals surface area contributed by atoms with Crippen molar-refractivity contribution in [1.29, 1.82) is 0 Å². The van der Waals surface area contributed by atoms with Crippen LogP contribution in [0.15, 0.2) is 54.0 Å². The Morgan fingerprint density at radius 3 is 2.72 bits per heavy atom. The first-order chi connectivity index (χ1) is 17.4. The van der Waals surface area contributed by atoms with Crippen LogP contribution < -0.4 is 10.1 Å². The Morgan fingerprint density at radius 2 is 2.00 bits per heavy atom. The fourth-order valence-corrected chi connectivity index (χ4v) is 5.05. The second-order valence-corrected chi connectivity index (χ2v) is 9.57. The molecule has 36 heavy (non-hydrogen) atoms. The van der Waals surface area contributed by atoms with Gasteiger partial charge in [-0.15, -0.1) is 11.3 Å². The summed E-state index contributed by atoms with van der Waals surface area (Å²) < 4.78 is 5.59. The predicted molar refractivity (Wildman–Crippen MR) is 137 cm³/mol. The van der Waals surface area contributed by atoms with Gasteiger partial charge in [0.25, 0.3) is 5.91 Å². The minimum Gasteiger partial charge on any atom is -0.494 e. The first-order valence-electron chi connectivity index (χ1n) is 11.9. The van der Waals surface area contributed by atoms with Gasteiger partial charge in [-0.05, 0) is 55.5 Å². The molecule has 1 aliphatic rings. The highest BCUT2D eigenvalue weighted by Crippen LogP contribution is 2.27. The number of aryl methyl sites for hydroxylation is 1. The monoisotopic (exact) mass is 507 g/mol. The second-order valence-electron chi connectivity index (χ2n) is 8.71. The van der Waals surface area contributed by atoms with Crippen LogP contribution in [0.5, 0.6) is 5.75 Å². The standard InChI is InChI=1S/C27H29N3O5S/c1-18-25(36-17-29-18)20-11-9-19(10-12-20)16-28-26(33)23-7-3-13-30(23)27(34)21-5-2-6-22(15-21)35-14-4-8-24(31)32/h2,5-6,9-12,15,17,23H,3-4,7-8,13-14,16H2,1H3,(H,28,33)(H,31,32)/t23-/m0/s1. The van der Waals surface area contributed by atoms with E-state index in [4.69, 9.17) is 9.84 Å². The Bertz CT molecular complexity index is 1220. The third-order valence-electron chi connectivity index (χ3n) is 6.13. The molecule has 0 unspecified atom stereocenters. The molecular formula is C27H29N3O5S. The van der Waals surface area contributed by atoms with Gasteiger partial charge in [0.05, 0.1) is 22.7 Å². The molecule has 2 N–H and O–H groups in total. The molecule has 0 aliphatic carbocycles. The summed E-state index contributed by atoms with van der Waals surface area (Å²) in [7, 11) is 0. The first-order valence-corrected chi connectivity index (χ1v) is 12.8. The zero-order valence-electron chi connectivity index (χ0n) is 20.1. The quantitative estimate of drug-likeness (QED) is 0.397. The van der Waals surface area contributed by atoms with E-state index in [0.717, 1.165) is 28.1 Å². The number of aliphatic carboxylic acids is 1. The molecule has 2 amide bonds. The number of aromatic nitrogens is 1. The molecule has 188 valence electrons. The van der Waals surface area contributed by atoms with Crippen molar-refractivity contribution in [2.75, 3.05) is 13.2 Å². The van der Waals surface area contributed by atoms with Gasteiger partial charge in [0.15, 0.2) is 0 Å². The fraction of sp³-hybridized carbons (Fsp3) is 0.333. The summed E-state index contributed by atoms with van der Waals surface area (Å²) in [4.78, 5) is 43.9. The number of likely N-dealkylation sites (tertiary alicyclic amines) is 1. The number of hydrogen-bond donors (Lipinski definition) is 2. The van der Waals surface area contributed by atoms with E-state index in [1.54, 1.807) is 40.5 Å². The van der Waals surface area contributed by atoms with Gasteiger partial charge in [0, 0.05) is 25.1 Å². The molecule has 1 atom stereocenters. The van der Waals surface area contributed by atoms with Crippen molar-refractivity contribution < 1.29 is 24.2 Å². The second kappa shape index (κ2) is 11.8. The lowest BCUT2D eigenvalue weighted by Gasteiger charge is -2.24. The summed E-state index contributed by atoms with van der Waals surface area (Å²) in [5, 5.41) is 11.7. The predicted octanol–water partition coefficient (Wildman–Crippen LogP) is 4.28. The van der Waals surface area contributed by atoms with Gasteiger partial charge >= 0.3 is 5.97 Å². The summed E-state index contributed by atoms with van der Waals surface area (Å²) in [6.07, 6.45) is 1.79. The summed E-state index contributed by atoms with van der Waals surface area (Å²) in [5.41, 5.74) is 5.37. The molecule has 1 aliphatic heterocycles. The molecule has 1 aromatic heterocycles. The Balaban J connectivity index is 1.33. The maximum atomic E-state index is 13.2. The third-order valence-corrected chi connectivity index (χ3v) is 7.11. The lowest BCUT2D eigenvalue weighted by atomic mass is 10.1. The number of carbonyl (C=O) groups excluding carboxylic acids is 2. The summed E-state index contributed by atoms with van der Waals surface area (Å²) in [5.74, 6) is -0.746. The van der Waals surface area contributed by atoms with E-state index in [-0.39, 0.29) is 24.8 Å². The molecule has 0 saturated carbocycles. The topological polar surface area (TPSA) is 109 Å². The molecule has 2 aromatic carbocycles. The van der Waals surface area contributed by atoms with Gasteiger partial charge < -0.3 is 20.1 Å². The number of nitrogens with one attached hydrogen (secondary N) is 1. The molecule has 0 spiro atoms. The molecule has 0 bridgehead atoms. The Morgan fingerprint density at radius 1 is 1.19 bits per heavy atom. The Kier molecular flexibility index (Phi) is 8.32. The molecule has 1 fully saturated rings. The maximum Gasteiger partial charge on any atom is 0.303 e. The Hall–Kier alpha value is -3.72. The number of amides is 2. The van der Waals surface area contributed by atoms with Gasteiger partial charge in [-0.3, -0.25) is 14.4 Å². The highest BCUT2D eigenvalue weighted by Gasteiger charge is 2.34. The molecular weight excluding hydrogens is 478 g/mol. The van der Waals surface area contributed by atoms with E-state index in [1.165, 1.54) is 0 Å². The highest BCUT2D eigenvalue weighted by molar-refractivity contribution is 7.13. The SMILES string of the molecule is Cc1ncsc1-c1ccc(CNC(=O)[C@@H]2CCCN2C(=O)c2cccc(OCCCC(=O)O)c2)cc1. The van der Waals surface area contributed by atoms with Crippen molar-refractivity contribution in [3.63, 3.8) is 0 Å². The summed E-state index contributed by atoms with van der Waals surface area (Å²) >= 11 is 1.60. The van der Waals surface area contributed by atoms with E-state index in [1.807, 2.05) is 36.7 Å². The van der Waals surface area contributed by atoms with Crippen molar-refractivity contribution in [3.05, 3.63) is 70.9 Å². The summed E-state index contributed by atoms with van der Waals surface area (Å²) in [6.45, 7) is 3.15. The highest BCUT2D eigenvalue weighted by atomic mass is 32.1. The van der Waals surface area contributed by atoms with Crippen LogP contribution in [0.4, 0.5) is 0 Å². The van der Waals surface area contributed by atoms with Crippen LogP contribution in [0.1, 0.15) is 47.3 Å². The van der Waals surface area contributed by atoms with Crippen molar-refractivity contribution >= 4 is 29.1 Å². The van der Waals surface area contributed by atoms with Crippen LogP contribution in [-0.2, 0) is 16.1 Å². The Labute approximate surface area is 213 Å². The largest absolute Gasteiger partial charge is 0.494 e. The maximum absolute atomic E-state index is 13.2. The minimum atomic E-state index is -0.871. The third kappa shape index (κ3) is 6.28. The van der Waals surface area contributed by atoms with Gasteiger partial charge in [-0.2, -0.15) is 0 Å². The number of carboxylic acid groups (broad SMARTS) is 1. The number of nitrogens with zero attached hydrogens (tertiary/aromatic N) is 2. The van der Waals surface area contributed by atoms with Gasteiger partial charge in [0.1, 0.15) is 11.8 Å². The number of benzene rings is 2. The summed E-state index contributed by atoms with van der Waals surface area (Å²) in [6, 6.07) is 14.3. The number of thiazole rings is 1. The first kappa shape index (κ1) is 25.4. The number of hydrogen-bond acceptors (Lipinski definition) is 6. The van der Waals surface area contributed by atoms with Gasteiger partial charge in [0.2, 0.25) is 5.91 Å². The van der Waals surface area contributed by atoms with Crippen LogP contribution in [0.2, 0.25) is 0 Å². The molecule has 0 radical (unpaired) electrons. The van der Waals surface area contributed by atoms with Crippen molar-refractivity contribution in [2.24, 2.45) is 0 Å². The number of ether oxygens (including phenoxy) is 1. The normalized spacial score (nSPS) is 15.0. The van der Waals surface area contributed by atoms with Gasteiger partial charge in [-0.1, -0.05) is 30.3 Å². The zero-order valence-corrected chi connectivity index (χ0v) is 20.9. The lowest BCUT2D eigenvalue weighted by Crippen LogP contribution is -2.45. The van der Waals surface area contributed by atoms with Crippen molar-refractivity contribution in [2.45, 2.75) is 45.2 Å². The fourth-order valence-electron chi connectivity index (χ4n) is 4.24. The number of carboxylic acids is 1. The van der Waals surface area contributed by atoms with Crippen LogP contribution in [0.3, 0.4) is 0 Å². The molecule has 1 saturated heterocycles. The van der Waals surface area contributed by atoms with Crippen LogP contribution >= 0.6 is 11.3 Å². The lowest BCUT2D eigenvalue weighted by molar-refractivity contribution is -0.137. The number of carbonyl (C=O) groups is 3. The number of rotatable bonds is 10. The van der Waals surface area contributed by atoms with Gasteiger partial charge in [-0.25, -0.2) is 4.98 Å². The molecule has 8 nitrogen and oxygen atoms in total. The van der Waals surface area contributed by atoms with E-state index in [2.05, 4.69) is 10.3 Å². The molecule has 4 rings (SSSR count). The van der Waals surface area contributed by atoms with Crippen LogP contribution in [0.25, 0.3) is 10.4 Å². The molecule has 9 heteroatoms. The van der Waals surface area contributed by atoms with Crippen molar-refractivity contribution in [3.8, 4) is 16.2 Å². The average molecular weight is 508 g/mol.